The van der Waals surface area contributed by atoms with Gasteiger partial charge in [0.15, 0.2) is 11.5 Å². The quantitative estimate of drug-likeness (QED) is 0.797. The van der Waals surface area contributed by atoms with E-state index >= 15 is 0 Å². The summed E-state index contributed by atoms with van der Waals surface area (Å²) in [5.41, 5.74) is 0.759. The normalized spacial score (nSPS) is 10.5. The van der Waals surface area contributed by atoms with Gasteiger partial charge in [0.25, 0.3) is 5.56 Å². The zero-order chi connectivity index (χ0) is 15.4. The molecule has 0 atom stereocenters. The molecule has 0 aliphatic rings. The van der Waals surface area contributed by atoms with Crippen molar-refractivity contribution >= 4 is 11.6 Å². The first-order valence-electron chi connectivity index (χ1n) is 6.56. The molecule has 0 N–H and O–H groups in total. The molecule has 2 aromatic rings. The molecule has 0 spiro atoms. The lowest BCUT2D eigenvalue weighted by molar-refractivity contribution is 0.354. The third kappa shape index (κ3) is 3.36. The Morgan fingerprint density at radius 2 is 1.90 bits per heavy atom. The van der Waals surface area contributed by atoms with E-state index in [1.165, 1.54) is 6.07 Å². The summed E-state index contributed by atoms with van der Waals surface area (Å²) in [7, 11) is 3.16. The predicted molar refractivity (Wildman–Crippen MR) is 81.5 cm³/mol. The van der Waals surface area contributed by atoms with E-state index < -0.39 is 0 Å². The van der Waals surface area contributed by atoms with Crippen molar-refractivity contribution in [2.24, 2.45) is 0 Å². The Hall–Kier alpha value is -2.01. The minimum atomic E-state index is -0.165. The Morgan fingerprint density at radius 3 is 2.52 bits per heavy atom. The molecule has 0 saturated carbocycles. The van der Waals surface area contributed by atoms with Gasteiger partial charge in [0, 0.05) is 12.5 Å². The van der Waals surface area contributed by atoms with Crippen molar-refractivity contribution in [2.75, 3.05) is 14.2 Å². The molecular formula is C15H17ClN2O3. The Bertz CT molecular complexity index is 698. The molecule has 1 aromatic carbocycles. The number of ether oxygens (including phenoxy) is 2. The first-order chi connectivity index (χ1) is 10.1. The monoisotopic (exact) mass is 308 g/mol. The van der Waals surface area contributed by atoms with E-state index in [0.717, 1.165) is 5.56 Å². The van der Waals surface area contributed by atoms with Crippen LogP contribution in [0, 0.1) is 0 Å². The van der Waals surface area contributed by atoms with Gasteiger partial charge in [-0.1, -0.05) is 24.6 Å². The van der Waals surface area contributed by atoms with Crippen molar-refractivity contribution in [3.63, 3.8) is 0 Å². The second-order valence-corrected chi connectivity index (χ2v) is 4.85. The van der Waals surface area contributed by atoms with Gasteiger partial charge in [-0.05, 0) is 17.7 Å². The maximum absolute atomic E-state index is 12.1. The fourth-order valence-electron chi connectivity index (χ4n) is 2.12. The molecule has 2 rings (SSSR count). The Kier molecular flexibility index (Phi) is 4.85. The lowest BCUT2D eigenvalue weighted by Gasteiger charge is -2.13. The van der Waals surface area contributed by atoms with E-state index in [9.17, 15) is 4.79 Å². The van der Waals surface area contributed by atoms with Crippen molar-refractivity contribution < 1.29 is 9.47 Å². The Labute approximate surface area is 128 Å². The van der Waals surface area contributed by atoms with Crippen LogP contribution >= 0.6 is 11.6 Å². The van der Waals surface area contributed by atoms with Crippen molar-refractivity contribution in [3.05, 3.63) is 51.2 Å². The highest BCUT2D eigenvalue weighted by Crippen LogP contribution is 2.27. The smallest absolute Gasteiger partial charge is 0.255 e. The average molecular weight is 309 g/mol. The number of hydrogen-bond donors (Lipinski definition) is 0. The molecule has 112 valence electrons. The summed E-state index contributed by atoms with van der Waals surface area (Å²) in [5.74, 6) is 1.93. The number of hydrogen-bond acceptors (Lipinski definition) is 4. The number of benzene rings is 1. The van der Waals surface area contributed by atoms with Crippen LogP contribution in [0.25, 0.3) is 0 Å². The molecule has 5 nitrogen and oxygen atoms in total. The molecule has 0 saturated heterocycles. The largest absolute Gasteiger partial charge is 0.493 e. The Morgan fingerprint density at radius 1 is 1.19 bits per heavy atom. The van der Waals surface area contributed by atoms with Gasteiger partial charge in [0.05, 0.1) is 20.8 Å². The van der Waals surface area contributed by atoms with Crippen molar-refractivity contribution in [1.29, 1.82) is 0 Å². The summed E-state index contributed by atoms with van der Waals surface area (Å²) >= 11 is 5.83. The van der Waals surface area contributed by atoms with E-state index in [1.807, 2.05) is 25.1 Å². The molecule has 0 amide bonds. The average Bonchev–Trinajstić information content (AvgIpc) is 2.49. The highest BCUT2D eigenvalue weighted by Gasteiger charge is 2.09. The number of halogens is 1. The second kappa shape index (κ2) is 6.63. The number of nitrogens with zero attached hydrogens (tertiary/aromatic N) is 2. The summed E-state index contributed by atoms with van der Waals surface area (Å²) in [6, 6.07) is 6.87. The molecular weight excluding hydrogens is 292 g/mol. The Balaban J connectivity index is 2.41. The fraction of sp³-hybridized carbons (Fsp3) is 0.333. The fourth-order valence-corrected chi connectivity index (χ4v) is 2.31. The summed E-state index contributed by atoms with van der Waals surface area (Å²) in [4.78, 5) is 16.3. The van der Waals surface area contributed by atoms with Crippen LogP contribution in [-0.2, 0) is 13.0 Å². The summed E-state index contributed by atoms with van der Waals surface area (Å²) in [6.07, 6.45) is 0.628. The number of aromatic nitrogens is 2. The van der Waals surface area contributed by atoms with E-state index in [0.29, 0.717) is 30.3 Å². The lowest BCUT2D eigenvalue weighted by Crippen LogP contribution is -2.24. The first kappa shape index (κ1) is 15.4. The van der Waals surface area contributed by atoms with Crippen LogP contribution in [0.1, 0.15) is 18.3 Å². The molecule has 6 heteroatoms. The topological polar surface area (TPSA) is 53.4 Å². The number of rotatable bonds is 5. The molecule has 1 aromatic heterocycles. The highest BCUT2D eigenvalue weighted by molar-refractivity contribution is 6.29. The third-order valence-electron chi connectivity index (χ3n) is 3.16. The summed E-state index contributed by atoms with van der Waals surface area (Å²) in [5, 5.41) is 0.223. The van der Waals surface area contributed by atoms with Gasteiger partial charge in [0.1, 0.15) is 11.0 Å². The molecule has 0 fully saturated rings. The van der Waals surface area contributed by atoms with Crippen LogP contribution < -0.4 is 15.0 Å². The van der Waals surface area contributed by atoms with Gasteiger partial charge < -0.3 is 9.47 Å². The van der Waals surface area contributed by atoms with Crippen LogP contribution in [0.5, 0.6) is 11.5 Å². The van der Waals surface area contributed by atoms with E-state index in [4.69, 9.17) is 21.1 Å². The molecule has 0 bridgehead atoms. The molecule has 21 heavy (non-hydrogen) atoms. The van der Waals surface area contributed by atoms with Gasteiger partial charge in [-0.2, -0.15) is 0 Å². The predicted octanol–water partition coefficient (Wildman–Crippen LogP) is 2.52. The lowest BCUT2D eigenvalue weighted by atomic mass is 10.2. The van der Waals surface area contributed by atoms with Crippen molar-refractivity contribution in [3.8, 4) is 11.5 Å². The van der Waals surface area contributed by atoms with Crippen LogP contribution in [0.4, 0.5) is 0 Å². The van der Waals surface area contributed by atoms with Crippen LogP contribution in [-0.4, -0.2) is 23.8 Å². The maximum atomic E-state index is 12.1. The van der Waals surface area contributed by atoms with Gasteiger partial charge in [-0.25, -0.2) is 4.98 Å². The molecule has 1 heterocycles. The van der Waals surface area contributed by atoms with Gasteiger partial charge >= 0.3 is 0 Å². The zero-order valence-corrected chi connectivity index (χ0v) is 13.0. The molecule has 0 aliphatic heterocycles. The zero-order valence-electron chi connectivity index (χ0n) is 12.2. The molecule has 0 unspecified atom stereocenters. The molecule has 0 aliphatic carbocycles. The highest BCUT2D eigenvalue weighted by atomic mass is 35.5. The maximum Gasteiger partial charge on any atom is 0.255 e. The summed E-state index contributed by atoms with van der Waals surface area (Å²) < 4.78 is 12.1. The number of aryl methyl sites for hydroxylation is 1. The van der Waals surface area contributed by atoms with Gasteiger partial charge in [0.2, 0.25) is 0 Å². The van der Waals surface area contributed by atoms with E-state index in [-0.39, 0.29) is 10.7 Å². The van der Waals surface area contributed by atoms with Gasteiger partial charge in [-0.3, -0.25) is 9.36 Å². The van der Waals surface area contributed by atoms with Crippen molar-refractivity contribution in [1.82, 2.24) is 9.55 Å². The standard InChI is InChI=1S/C15H17ClN2O3/c1-4-14-17-13(16)8-15(19)18(14)9-10-5-6-11(20-2)12(7-10)21-3/h5-8H,4,9H2,1-3H3. The van der Waals surface area contributed by atoms with Crippen LogP contribution in [0.15, 0.2) is 29.1 Å². The minimum absolute atomic E-state index is 0.165. The van der Waals surface area contributed by atoms with Crippen LogP contribution in [0.2, 0.25) is 5.15 Å². The van der Waals surface area contributed by atoms with Crippen LogP contribution in [0.3, 0.4) is 0 Å². The van der Waals surface area contributed by atoms with Crippen molar-refractivity contribution in [2.45, 2.75) is 19.9 Å². The molecule has 0 radical (unpaired) electrons. The summed E-state index contributed by atoms with van der Waals surface area (Å²) in [6.45, 7) is 2.34. The van der Waals surface area contributed by atoms with E-state index in [2.05, 4.69) is 4.98 Å². The van der Waals surface area contributed by atoms with Gasteiger partial charge in [-0.15, -0.1) is 0 Å². The van der Waals surface area contributed by atoms with E-state index in [1.54, 1.807) is 18.8 Å². The number of methoxy groups -OCH3 is 2. The second-order valence-electron chi connectivity index (χ2n) is 4.46. The third-order valence-corrected chi connectivity index (χ3v) is 3.35. The minimum Gasteiger partial charge on any atom is -0.493 e. The first-order valence-corrected chi connectivity index (χ1v) is 6.94. The SMILES string of the molecule is CCc1nc(Cl)cc(=O)n1Cc1ccc(OC)c(OC)c1.